The molecule has 4 aromatic rings. The van der Waals surface area contributed by atoms with E-state index in [1.165, 1.54) is 4.68 Å². The number of hydrogen-bond donors (Lipinski definition) is 0. The van der Waals surface area contributed by atoms with Gasteiger partial charge in [-0.25, -0.2) is 0 Å². The van der Waals surface area contributed by atoms with Crippen LogP contribution in [0.4, 0.5) is 0 Å². The Morgan fingerprint density at radius 1 is 0.949 bits per heavy atom. The zero-order valence-electron chi connectivity index (χ0n) is 21.1. The van der Waals surface area contributed by atoms with E-state index in [1.54, 1.807) is 60.4 Å². The van der Waals surface area contributed by atoms with Gasteiger partial charge in [0.2, 0.25) is 5.88 Å². The minimum atomic E-state index is -0.657. The summed E-state index contributed by atoms with van der Waals surface area (Å²) in [4.78, 5) is 28.2. The van der Waals surface area contributed by atoms with Crippen LogP contribution in [-0.4, -0.2) is 39.5 Å². The Bertz CT molecular complexity index is 1570. The van der Waals surface area contributed by atoms with E-state index in [9.17, 15) is 14.9 Å². The lowest BCUT2D eigenvalue weighted by atomic mass is 9.70. The number of rotatable bonds is 6. The van der Waals surface area contributed by atoms with Crippen LogP contribution in [-0.2, 0) is 10.2 Å². The van der Waals surface area contributed by atoms with E-state index in [0.717, 1.165) is 5.56 Å². The van der Waals surface area contributed by atoms with Crippen LogP contribution < -0.4 is 4.74 Å². The largest absolute Gasteiger partial charge is 0.438 e. The Kier molecular flexibility index (Phi) is 7.42. The zero-order chi connectivity index (χ0) is 27.6. The summed E-state index contributed by atoms with van der Waals surface area (Å²) in [5, 5.41) is 15.6. The zero-order valence-corrected chi connectivity index (χ0v) is 22.6. The van der Waals surface area contributed by atoms with E-state index >= 15 is 0 Å². The van der Waals surface area contributed by atoms with Gasteiger partial charge >= 0.3 is 0 Å². The highest BCUT2D eigenvalue weighted by Crippen LogP contribution is 2.38. The number of hydrogen-bond acceptors (Lipinski definition) is 5. The minimum Gasteiger partial charge on any atom is -0.438 e. The van der Waals surface area contributed by atoms with E-state index in [-0.39, 0.29) is 22.9 Å². The molecule has 196 valence electrons. The maximum Gasteiger partial charge on any atom is 0.275 e. The second-order valence-corrected chi connectivity index (χ2v) is 10.2. The van der Waals surface area contributed by atoms with Crippen LogP contribution in [0.2, 0.25) is 10.0 Å². The fraction of sp³-hybridized carbons (Fsp3) is 0.200. The number of halogens is 2. The van der Waals surface area contributed by atoms with E-state index in [1.807, 2.05) is 30.3 Å². The molecular weight excluding hydrogens is 535 g/mol. The van der Waals surface area contributed by atoms with Crippen LogP contribution >= 0.6 is 23.2 Å². The van der Waals surface area contributed by atoms with E-state index < -0.39 is 11.3 Å². The standard InChI is InChI=1S/C30H24Cl2N4O3/c1-20(37)30(21-7-3-2-4-8-21)15-17-35(18-16-30)28(38)27-24(19-33)29(39-23-13-11-22(31)12-14-23)36(34-27)26-10-6-5-9-25(26)32/h2-14H,15-18H2,1H3. The first-order chi connectivity index (χ1) is 18.8. The lowest BCUT2D eigenvalue weighted by Gasteiger charge is -2.40. The van der Waals surface area contributed by atoms with Gasteiger partial charge in [-0.2, -0.15) is 15.0 Å². The molecule has 1 amide bonds. The Morgan fingerprint density at radius 3 is 2.21 bits per heavy atom. The summed E-state index contributed by atoms with van der Waals surface area (Å²) in [5.41, 5.74) is 0.689. The Balaban J connectivity index is 1.51. The monoisotopic (exact) mass is 558 g/mol. The summed E-state index contributed by atoms with van der Waals surface area (Å²) in [6.45, 7) is 2.28. The smallest absolute Gasteiger partial charge is 0.275 e. The number of likely N-dealkylation sites (tertiary alicyclic amines) is 1. The molecule has 0 saturated carbocycles. The third kappa shape index (κ3) is 5.01. The molecule has 1 saturated heterocycles. The first-order valence-electron chi connectivity index (χ1n) is 12.4. The second-order valence-electron chi connectivity index (χ2n) is 9.36. The first-order valence-corrected chi connectivity index (χ1v) is 13.2. The number of aromatic nitrogens is 2. The molecule has 39 heavy (non-hydrogen) atoms. The summed E-state index contributed by atoms with van der Waals surface area (Å²) < 4.78 is 7.45. The molecule has 5 rings (SSSR count). The van der Waals surface area contributed by atoms with Gasteiger partial charge in [-0.1, -0.05) is 65.7 Å². The molecule has 9 heteroatoms. The number of para-hydroxylation sites is 1. The SMILES string of the molecule is CC(=O)C1(c2ccccc2)CCN(C(=O)c2nn(-c3ccccc3Cl)c(Oc3ccc(Cl)cc3)c2C#N)CC1. The van der Waals surface area contributed by atoms with Gasteiger partial charge in [-0.05, 0) is 61.7 Å². The number of piperidine rings is 1. The molecule has 0 N–H and O–H groups in total. The Hall–Kier alpha value is -4.12. The predicted octanol–water partition coefficient (Wildman–Crippen LogP) is 6.61. The quantitative estimate of drug-likeness (QED) is 0.266. The van der Waals surface area contributed by atoms with Crippen LogP contribution in [0.3, 0.4) is 0 Å². The molecule has 0 spiro atoms. The van der Waals surface area contributed by atoms with Gasteiger partial charge in [-0.15, -0.1) is 0 Å². The van der Waals surface area contributed by atoms with Gasteiger partial charge in [-0.3, -0.25) is 9.59 Å². The molecule has 7 nitrogen and oxygen atoms in total. The maximum atomic E-state index is 13.8. The normalized spacial score (nSPS) is 14.5. The van der Waals surface area contributed by atoms with Gasteiger partial charge in [0.15, 0.2) is 5.69 Å². The van der Waals surface area contributed by atoms with Crippen molar-refractivity contribution in [2.45, 2.75) is 25.2 Å². The van der Waals surface area contributed by atoms with Crippen molar-refractivity contribution < 1.29 is 14.3 Å². The summed E-state index contributed by atoms with van der Waals surface area (Å²) >= 11 is 12.5. The number of ether oxygens (including phenoxy) is 1. The van der Waals surface area contributed by atoms with Crippen molar-refractivity contribution in [1.29, 1.82) is 5.26 Å². The van der Waals surface area contributed by atoms with Crippen LogP contribution in [0.15, 0.2) is 78.9 Å². The molecule has 1 fully saturated rings. The molecule has 1 aliphatic rings. The molecule has 1 aliphatic heterocycles. The van der Waals surface area contributed by atoms with Crippen molar-refractivity contribution in [3.8, 4) is 23.4 Å². The number of Topliss-reactive ketones (excluding diaryl/α,β-unsaturated/α-hetero) is 1. The minimum absolute atomic E-state index is 0.0127. The molecule has 0 aliphatic carbocycles. The number of amides is 1. The van der Waals surface area contributed by atoms with Crippen molar-refractivity contribution >= 4 is 34.9 Å². The van der Waals surface area contributed by atoms with Gasteiger partial charge in [0.1, 0.15) is 23.2 Å². The molecular formula is C30H24Cl2N4O3. The van der Waals surface area contributed by atoms with Crippen molar-refractivity contribution in [2.75, 3.05) is 13.1 Å². The summed E-state index contributed by atoms with van der Waals surface area (Å²) in [7, 11) is 0. The fourth-order valence-electron chi connectivity index (χ4n) is 4.99. The van der Waals surface area contributed by atoms with Gasteiger partial charge in [0.05, 0.1) is 16.1 Å². The topological polar surface area (TPSA) is 88.2 Å². The summed E-state index contributed by atoms with van der Waals surface area (Å²) in [5.74, 6) is 0.134. The highest BCUT2D eigenvalue weighted by molar-refractivity contribution is 6.32. The highest BCUT2D eigenvalue weighted by atomic mass is 35.5. The summed E-state index contributed by atoms with van der Waals surface area (Å²) in [6, 6.07) is 25.4. The van der Waals surface area contributed by atoms with Crippen LogP contribution in [0.25, 0.3) is 5.69 Å². The molecule has 0 bridgehead atoms. The lowest BCUT2D eigenvalue weighted by Crippen LogP contribution is -2.48. The molecule has 0 atom stereocenters. The predicted molar refractivity (Wildman–Crippen MR) is 149 cm³/mol. The third-order valence-corrected chi connectivity index (χ3v) is 7.74. The van der Waals surface area contributed by atoms with Crippen LogP contribution in [0.5, 0.6) is 11.6 Å². The second kappa shape index (κ2) is 10.9. The first kappa shape index (κ1) is 26.5. The lowest BCUT2D eigenvalue weighted by molar-refractivity contribution is -0.124. The molecule has 0 unspecified atom stereocenters. The molecule has 3 aromatic carbocycles. The van der Waals surface area contributed by atoms with Crippen molar-refractivity contribution in [2.24, 2.45) is 0 Å². The van der Waals surface area contributed by atoms with Gasteiger partial charge in [0.25, 0.3) is 5.91 Å². The number of carbonyl (C=O) groups excluding carboxylic acids is 2. The Labute approximate surface area is 236 Å². The number of ketones is 1. The van der Waals surface area contributed by atoms with Crippen LogP contribution in [0.1, 0.15) is 41.4 Å². The van der Waals surface area contributed by atoms with Crippen molar-refractivity contribution in [3.63, 3.8) is 0 Å². The fourth-order valence-corrected chi connectivity index (χ4v) is 5.33. The molecule has 1 aromatic heterocycles. The third-order valence-electron chi connectivity index (χ3n) is 7.17. The Morgan fingerprint density at radius 2 is 1.59 bits per heavy atom. The number of carbonyl (C=O) groups is 2. The van der Waals surface area contributed by atoms with Crippen LogP contribution in [0, 0.1) is 11.3 Å². The summed E-state index contributed by atoms with van der Waals surface area (Å²) in [6.07, 6.45) is 0.943. The highest BCUT2D eigenvalue weighted by Gasteiger charge is 2.42. The average Bonchev–Trinajstić information content (AvgIpc) is 3.32. The van der Waals surface area contributed by atoms with Crippen molar-refractivity contribution in [3.05, 3.63) is 106 Å². The average molecular weight is 559 g/mol. The molecule has 0 radical (unpaired) electrons. The maximum absolute atomic E-state index is 13.8. The van der Waals surface area contributed by atoms with Gasteiger partial charge in [0, 0.05) is 18.1 Å². The number of nitrogens with zero attached hydrogens (tertiary/aromatic N) is 4. The van der Waals surface area contributed by atoms with E-state index in [2.05, 4.69) is 11.2 Å². The van der Waals surface area contributed by atoms with E-state index in [4.69, 9.17) is 27.9 Å². The number of benzene rings is 3. The van der Waals surface area contributed by atoms with E-state index in [0.29, 0.717) is 47.4 Å². The molecule has 2 heterocycles. The van der Waals surface area contributed by atoms with Gasteiger partial charge < -0.3 is 9.64 Å². The van der Waals surface area contributed by atoms with Crippen molar-refractivity contribution in [1.82, 2.24) is 14.7 Å². The number of nitriles is 1.